The lowest BCUT2D eigenvalue weighted by Gasteiger charge is -2.17. The molecular weight excluding hydrogens is 249 g/mol. The number of rotatable bonds is 3. The first-order chi connectivity index (χ1) is 6.09. The molecule has 0 aliphatic heterocycles. The normalized spacial score (nSPS) is 11.2. The van der Waals surface area contributed by atoms with Gasteiger partial charge in [-0.05, 0) is 43.3 Å². The zero-order valence-corrected chi connectivity index (χ0v) is 10.1. The van der Waals surface area contributed by atoms with Crippen LogP contribution >= 0.6 is 27.7 Å². The van der Waals surface area contributed by atoms with Gasteiger partial charge in [-0.25, -0.2) is 4.42 Å². The fourth-order valence-corrected chi connectivity index (χ4v) is 1.58. The lowest BCUT2D eigenvalue weighted by Crippen LogP contribution is -2.19. The monoisotopic (exact) mass is 261 g/mol. The van der Waals surface area contributed by atoms with Crippen LogP contribution in [0.3, 0.4) is 0 Å². The number of nitrogens with zero attached hydrogens (tertiary/aromatic N) is 1. The summed E-state index contributed by atoms with van der Waals surface area (Å²) >= 11 is 9.45. The molecule has 1 nitrogen and oxygen atoms in total. The Morgan fingerprint density at radius 3 is 2.69 bits per heavy atom. The van der Waals surface area contributed by atoms with E-state index in [2.05, 4.69) is 41.9 Å². The predicted octanol–water partition coefficient (Wildman–Crippen LogP) is 3.81. The summed E-state index contributed by atoms with van der Waals surface area (Å²) in [5, 5.41) is 0. The molecule has 0 aromatic heterocycles. The van der Waals surface area contributed by atoms with Gasteiger partial charge in [0.25, 0.3) is 0 Å². The fraction of sp³-hybridized carbons (Fsp3) is 0.400. The highest BCUT2D eigenvalue weighted by Crippen LogP contribution is 2.15. The summed E-state index contributed by atoms with van der Waals surface area (Å²) in [6.07, 6.45) is 0. The molecule has 0 spiro atoms. The van der Waals surface area contributed by atoms with Gasteiger partial charge in [0.05, 0.1) is 0 Å². The van der Waals surface area contributed by atoms with E-state index in [1.54, 1.807) is 4.42 Å². The fourth-order valence-electron chi connectivity index (χ4n) is 0.992. The Labute approximate surface area is 92.9 Å². The Balaban J connectivity index is 2.64. The van der Waals surface area contributed by atoms with Gasteiger partial charge in [-0.3, -0.25) is 0 Å². The second-order valence-electron chi connectivity index (χ2n) is 3.28. The van der Waals surface area contributed by atoms with Gasteiger partial charge in [0, 0.05) is 17.1 Å². The molecule has 0 fully saturated rings. The summed E-state index contributed by atoms with van der Waals surface area (Å²) in [6, 6.07) is 8.54. The molecule has 0 aliphatic rings. The molecule has 0 unspecified atom stereocenters. The van der Waals surface area contributed by atoms with Crippen molar-refractivity contribution in [3.8, 4) is 0 Å². The molecule has 0 saturated heterocycles. The van der Waals surface area contributed by atoms with Crippen LogP contribution in [0, 0.1) is 0 Å². The van der Waals surface area contributed by atoms with Gasteiger partial charge in [0.15, 0.2) is 0 Å². The topological polar surface area (TPSA) is 3.24 Å². The number of halogens is 2. The van der Waals surface area contributed by atoms with Crippen LogP contribution in [0.1, 0.15) is 19.4 Å². The zero-order chi connectivity index (χ0) is 9.84. The minimum atomic E-state index is 0.362. The van der Waals surface area contributed by atoms with E-state index in [4.69, 9.17) is 11.8 Å². The average Bonchev–Trinajstić information content (AvgIpc) is 2.04. The Kier molecular flexibility index (Phi) is 4.23. The van der Waals surface area contributed by atoms with Crippen molar-refractivity contribution in [2.75, 3.05) is 0 Å². The van der Waals surface area contributed by atoms with Gasteiger partial charge in [0.2, 0.25) is 0 Å². The molecular formula is C10H13BrClN. The van der Waals surface area contributed by atoms with E-state index in [1.165, 1.54) is 5.56 Å². The van der Waals surface area contributed by atoms with Gasteiger partial charge >= 0.3 is 0 Å². The third-order valence-corrected chi connectivity index (χ3v) is 2.79. The molecule has 3 heteroatoms. The number of benzene rings is 1. The molecule has 0 saturated carbocycles. The van der Waals surface area contributed by atoms with Crippen LogP contribution in [0.15, 0.2) is 28.7 Å². The van der Waals surface area contributed by atoms with Crippen molar-refractivity contribution >= 4 is 27.7 Å². The van der Waals surface area contributed by atoms with Crippen LogP contribution in [-0.2, 0) is 6.54 Å². The van der Waals surface area contributed by atoms with E-state index in [0.717, 1.165) is 11.0 Å². The molecule has 0 radical (unpaired) electrons. The van der Waals surface area contributed by atoms with E-state index in [-0.39, 0.29) is 0 Å². The van der Waals surface area contributed by atoms with Gasteiger partial charge in [-0.2, -0.15) is 0 Å². The molecule has 0 atom stereocenters. The molecule has 72 valence electrons. The van der Waals surface area contributed by atoms with E-state index in [9.17, 15) is 0 Å². The summed E-state index contributed by atoms with van der Waals surface area (Å²) in [5.41, 5.74) is 1.22. The molecule has 1 aromatic rings. The number of hydrogen-bond acceptors (Lipinski definition) is 1. The Morgan fingerprint density at radius 2 is 2.15 bits per heavy atom. The molecule has 0 N–H and O–H groups in total. The Bertz CT molecular complexity index is 275. The number of hydrogen-bond donors (Lipinski definition) is 0. The lowest BCUT2D eigenvalue weighted by atomic mass is 10.2. The van der Waals surface area contributed by atoms with Crippen molar-refractivity contribution in [3.05, 3.63) is 34.3 Å². The van der Waals surface area contributed by atoms with Crippen LogP contribution in [0.25, 0.3) is 0 Å². The third-order valence-electron chi connectivity index (χ3n) is 1.78. The zero-order valence-electron chi connectivity index (χ0n) is 7.80. The first-order valence-corrected chi connectivity index (χ1v) is 5.39. The average molecular weight is 263 g/mol. The van der Waals surface area contributed by atoms with Crippen molar-refractivity contribution < 1.29 is 0 Å². The van der Waals surface area contributed by atoms with Crippen LogP contribution in [0.2, 0.25) is 0 Å². The minimum absolute atomic E-state index is 0.362. The van der Waals surface area contributed by atoms with E-state index >= 15 is 0 Å². The Hall–Kier alpha value is -0.0500. The standard InChI is InChI=1S/C10H13BrClN/c1-8(2)13(12)7-9-4-3-5-10(11)6-9/h3-6,8H,7H2,1-2H3. The van der Waals surface area contributed by atoms with Crippen LogP contribution < -0.4 is 0 Å². The first kappa shape index (κ1) is 11.0. The van der Waals surface area contributed by atoms with Crippen molar-refractivity contribution in [2.24, 2.45) is 0 Å². The van der Waals surface area contributed by atoms with Crippen LogP contribution in [0.5, 0.6) is 0 Å². The van der Waals surface area contributed by atoms with Crippen LogP contribution in [-0.4, -0.2) is 10.5 Å². The van der Waals surface area contributed by atoms with Gasteiger partial charge < -0.3 is 0 Å². The molecule has 1 rings (SSSR count). The highest BCUT2D eigenvalue weighted by molar-refractivity contribution is 9.10. The second-order valence-corrected chi connectivity index (χ2v) is 4.63. The third kappa shape index (κ3) is 3.67. The highest BCUT2D eigenvalue weighted by atomic mass is 79.9. The molecule has 0 amide bonds. The Morgan fingerprint density at radius 1 is 1.46 bits per heavy atom. The van der Waals surface area contributed by atoms with E-state index in [0.29, 0.717) is 6.04 Å². The highest BCUT2D eigenvalue weighted by Gasteiger charge is 2.06. The molecule has 1 aromatic carbocycles. The summed E-state index contributed by atoms with van der Waals surface area (Å²) in [5.74, 6) is 0. The van der Waals surface area contributed by atoms with Gasteiger partial charge in [-0.1, -0.05) is 28.1 Å². The van der Waals surface area contributed by atoms with Crippen molar-refractivity contribution in [3.63, 3.8) is 0 Å². The smallest absolute Gasteiger partial charge is 0.0393 e. The largest absolute Gasteiger partial charge is 0.213 e. The molecule has 0 heterocycles. The molecule has 0 aliphatic carbocycles. The van der Waals surface area contributed by atoms with E-state index < -0.39 is 0 Å². The second kappa shape index (κ2) is 4.99. The summed E-state index contributed by atoms with van der Waals surface area (Å²) in [7, 11) is 0. The first-order valence-electron chi connectivity index (χ1n) is 4.26. The molecule has 0 bridgehead atoms. The van der Waals surface area contributed by atoms with E-state index in [1.807, 2.05) is 12.1 Å². The summed E-state index contributed by atoms with van der Waals surface area (Å²) < 4.78 is 2.89. The summed E-state index contributed by atoms with van der Waals surface area (Å²) in [6.45, 7) is 4.93. The van der Waals surface area contributed by atoms with Gasteiger partial charge in [0.1, 0.15) is 0 Å². The SMILES string of the molecule is CC(C)N(Cl)Cc1cccc(Br)c1. The van der Waals surface area contributed by atoms with Crippen LogP contribution in [0.4, 0.5) is 0 Å². The van der Waals surface area contributed by atoms with Crippen molar-refractivity contribution in [1.29, 1.82) is 0 Å². The maximum atomic E-state index is 6.02. The summed E-state index contributed by atoms with van der Waals surface area (Å²) in [4.78, 5) is 0. The van der Waals surface area contributed by atoms with Gasteiger partial charge in [-0.15, -0.1) is 0 Å². The quantitative estimate of drug-likeness (QED) is 0.749. The molecule has 13 heavy (non-hydrogen) atoms. The maximum Gasteiger partial charge on any atom is 0.0393 e. The lowest BCUT2D eigenvalue weighted by molar-refractivity contribution is 0.375. The van der Waals surface area contributed by atoms with Crippen molar-refractivity contribution in [2.45, 2.75) is 26.4 Å². The van der Waals surface area contributed by atoms with Crippen molar-refractivity contribution in [1.82, 2.24) is 4.42 Å². The minimum Gasteiger partial charge on any atom is -0.213 e. The predicted molar refractivity (Wildman–Crippen MR) is 60.7 cm³/mol. The maximum absolute atomic E-state index is 6.02.